The molecule has 0 fully saturated rings. The third-order valence-corrected chi connectivity index (χ3v) is 3.28. The third kappa shape index (κ3) is 3.02. The SMILES string of the molecule is Cc1cnc(Sc2ncc(Br)cc2[N+](=O)[O-])nc1. The lowest BCUT2D eigenvalue weighted by Crippen LogP contribution is -1.95. The molecule has 2 heterocycles. The van der Waals surface area contributed by atoms with E-state index in [4.69, 9.17) is 0 Å². The summed E-state index contributed by atoms with van der Waals surface area (Å²) in [5, 5.41) is 11.6. The number of aromatic nitrogens is 3. The molecule has 0 aliphatic rings. The molecule has 0 atom stereocenters. The van der Waals surface area contributed by atoms with Crippen LogP contribution in [0.25, 0.3) is 0 Å². The number of hydrogen-bond acceptors (Lipinski definition) is 6. The zero-order valence-corrected chi connectivity index (χ0v) is 11.6. The Labute approximate surface area is 115 Å². The molecule has 0 aromatic carbocycles. The Balaban J connectivity index is 2.34. The van der Waals surface area contributed by atoms with Crippen LogP contribution in [0.2, 0.25) is 0 Å². The van der Waals surface area contributed by atoms with Crippen LogP contribution in [0.1, 0.15) is 5.56 Å². The second-order valence-corrected chi connectivity index (χ2v) is 5.25. The van der Waals surface area contributed by atoms with Gasteiger partial charge in [0.2, 0.25) is 0 Å². The maximum Gasteiger partial charge on any atom is 0.302 e. The Morgan fingerprint density at radius 1 is 1.28 bits per heavy atom. The van der Waals surface area contributed by atoms with Crippen molar-refractivity contribution >= 4 is 33.4 Å². The molecule has 8 heteroatoms. The number of hydrogen-bond donors (Lipinski definition) is 0. The summed E-state index contributed by atoms with van der Waals surface area (Å²) in [5.74, 6) is 0. The molecular weight excluding hydrogens is 320 g/mol. The standard InChI is InChI=1S/C10H7BrN4O2S/c1-6-3-13-10(14-4-6)18-9-8(15(16)17)2-7(11)5-12-9/h2-5H,1H3. The maximum absolute atomic E-state index is 10.9. The summed E-state index contributed by atoms with van der Waals surface area (Å²) < 4.78 is 0.559. The summed E-state index contributed by atoms with van der Waals surface area (Å²) in [4.78, 5) is 22.6. The number of nitro groups is 1. The van der Waals surface area contributed by atoms with Gasteiger partial charge in [0, 0.05) is 29.1 Å². The second-order valence-electron chi connectivity index (χ2n) is 3.38. The van der Waals surface area contributed by atoms with Gasteiger partial charge in [-0.3, -0.25) is 10.1 Å². The first-order valence-corrected chi connectivity index (χ1v) is 6.43. The zero-order chi connectivity index (χ0) is 13.1. The van der Waals surface area contributed by atoms with Crippen molar-refractivity contribution in [1.82, 2.24) is 15.0 Å². The second kappa shape index (κ2) is 5.40. The summed E-state index contributed by atoms with van der Waals surface area (Å²) >= 11 is 4.22. The van der Waals surface area contributed by atoms with E-state index >= 15 is 0 Å². The van der Waals surface area contributed by atoms with E-state index < -0.39 is 4.92 Å². The molecule has 6 nitrogen and oxygen atoms in total. The van der Waals surface area contributed by atoms with Gasteiger partial charge in [0.1, 0.15) is 0 Å². The van der Waals surface area contributed by atoms with Crippen LogP contribution in [-0.2, 0) is 0 Å². The number of halogens is 1. The summed E-state index contributed by atoms with van der Waals surface area (Å²) in [6.45, 7) is 1.87. The highest BCUT2D eigenvalue weighted by Gasteiger charge is 2.18. The Morgan fingerprint density at radius 2 is 1.94 bits per heavy atom. The van der Waals surface area contributed by atoms with E-state index in [1.54, 1.807) is 12.4 Å². The van der Waals surface area contributed by atoms with Gasteiger partial charge in [0.15, 0.2) is 10.2 Å². The minimum Gasteiger partial charge on any atom is -0.258 e. The third-order valence-electron chi connectivity index (χ3n) is 1.94. The van der Waals surface area contributed by atoms with Gasteiger partial charge < -0.3 is 0 Å². The molecule has 92 valence electrons. The van der Waals surface area contributed by atoms with E-state index in [9.17, 15) is 10.1 Å². The van der Waals surface area contributed by atoms with Crippen LogP contribution in [-0.4, -0.2) is 19.9 Å². The summed E-state index contributed by atoms with van der Waals surface area (Å²) in [5.41, 5.74) is 0.858. The normalized spacial score (nSPS) is 10.3. The Bertz CT molecular complexity index is 591. The summed E-state index contributed by atoms with van der Waals surface area (Å²) in [7, 11) is 0. The van der Waals surface area contributed by atoms with E-state index in [0.29, 0.717) is 9.63 Å². The fourth-order valence-corrected chi connectivity index (χ4v) is 2.19. The lowest BCUT2D eigenvalue weighted by Gasteiger charge is -2.01. The van der Waals surface area contributed by atoms with Crippen molar-refractivity contribution in [2.75, 3.05) is 0 Å². The van der Waals surface area contributed by atoms with Crippen LogP contribution in [0, 0.1) is 17.0 Å². The highest BCUT2D eigenvalue weighted by molar-refractivity contribution is 9.10. The predicted octanol–water partition coefficient (Wildman–Crippen LogP) is 3.00. The molecule has 0 spiro atoms. The molecule has 2 aromatic heterocycles. The fraction of sp³-hybridized carbons (Fsp3) is 0.100. The summed E-state index contributed by atoms with van der Waals surface area (Å²) in [6.07, 6.45) is 4.81. The average Bonchev–Trinajstić information content (AvgIpc) is 2.34. The van der Waals surface area contributed by atoms with Crippen molar-refractivity contribution in [2.24, 2.45) is 0 Å². The molecule has 0 saturated carbocycles. The first-order valence-electron chi connectivity index (χ1n) is 4.82. The van der Waals surface area contributed by atoms with Gasteiger partial charge in [-0.2, -0.15) is 0 Å². The fourth-order valence-electron chi connectivity index (χ4n) is 1.15. The van der Waals surface area contributed by atoms with Crippen molar-refractivity contribution in [2.45, 2.75) is 17.1 Å². The van der Waals surface area contributed by atoms with Crippen LogP contribution in [0.3, 0.4) is 0 Å². The van der Waals surface area contributed by atoms with Gasteiger partial charge in [0.25, 0.3) is 0 Å². The minimum absolute atomic E-state index is 0.0708. The highest BCUT2D eigenvalue weighted by Crippen LogP contribution is 2.32. The van der Waals surface area contributed by atoms with Crippen LogP contribution in [0.4, 0.5) is 5.69 Å². The van der Waals surface area contributed by atoms with Crippen molar-refractivity contribution in [3.05, 3.63) is 44.8 Å². The van der Waals surface area contributed by atoms with Crippen molar-refractivity contribution in [3.8, 4) is 0 Å². The molecule has 0 bridgehead atoms. The van der Waals surface area contributed by atoms with Crippen LogP contribution >= 0.6 is 27.7 Å². The van der Waals surface area contributed by atoms with E-state index in [1.165, 1.54) is 12.3 Å². The van der Waals surface area contributed by atoms with Crippen molar-refractivity contribution in [3.63, 3.8) is 0 Å². The smallest absolute Gasteiger partial charge is 0.258 e. The molecule has 0 radical (unpaired) electrons. The molecule has 0 aliphatic carbocycles. The topological polar surface area (TPSA) is 81.8 Å². The zero-order valence-electron chi connectivity index (χ0n) is 9.20. The molecule has 0 amide bonds. The van der Waals surface area contributed by atoms with E-state index in [-0.39, 0.29) is 10.7 Å². The highest BCUT2D eigenvalue weighted by atomic mass is 79.9. The molecule has 2 aromatic rings. The minimum atomic E-state index is -0.478. The van der Waals surface area contributed by atoms with E-state index in [2.05, 4.69) is 30.9 Å². The number of nitrogens with zero attached hydrogens (tertiary/aromatic N) is 4. The predicted molar refractivity (Wildman–Crippen MR) is 69.5 cm³/mol. The maximum atomic E-state index is 10.9. The largest absolute Gasteiger partial charge is 0.302 e. The van der Waals surface area contributed by atoms with Crippen molar-refractivity contribution in [1.29, 1.82) is 0 Å². The Kier molecular flexibility index (Phi) is 3.87. The van der Waals surface area contributed by atoms with E-state index in [0.717, 1.165) is 17.3 Å². The van der Waals surface area contributed by atoms with Gasteiger partial charge in [-0.15, -0.1) is 0 Å². The van der Waals surface area contributed by atoms with Gasteiger partial charge in [0.05, 0.1) is 4.92 Å². The lowest BCUT2D eigenvalue weighted by atomic mass is 10.4. The van der Waals surface area contributed by atoms with Gasteiger partial charge >= 0.3 is 5.69 Å². The molecule has 0 aliphatic heterocycles. The van der Waals surface area contributed by atoms with Crippen LogP contribution in [0.15, 0.2) is 39.3 Å². The summed E-state index contributed by atoms with van der Waals surface area (Å²) in [6, 6.07) is 1.41. The molecular formula is C10H7BrN4O2S. The monoisotopic (exact) mass is 326 g/mol. The molecule has 0 unspecified atom stereocenters. The Morgan fingerprint density at radius 3 is 2.56 bits per heavy atom. The molecule has 0 N–H and O–H groups in total. The van der Waals surface area contributed by atoms with Gasteiger partial charge in [-0.05, 0) is 40.2 Å². The lowest BCUT2D eigenvalue weighted by molar-refractivity contribution is -0.388. The average molecular weight is 327 g/mol. The molecule has 0 saturated heterocycles. The first kappa shape index (κ1) is 12.9. The Hall–Kier alpha value is -1.54. The van der Waals surface area contributed by atoms with Crippen LogP contribution < -0.4 is 0 Å². The molecule has 2 rings (SSSR count). The quantitative estimate of drug-likeness (QED) is 0.490. The number of rotatable bonds is 3. The van der Waals surface area contributed by atoms with E-state index in [1.807, 2.05) is 6.92 Å². The van der Waals surface area contributed by atoms with Crippen LogP contribution in [0.5, 0.6) is 0 Å². The molecule has 18 heavy (non-hydrogen) atoms. The first-order chi connectivity index (χ1) is 8.56. The van der Waals surface area contributed by atoms with Gasteiger partial charge in [-0.25, -0.2) is 15.0 Å². The van der Waals surface area contributed by atoms with Gasteiger partial charge in [-0.1, -0.05) is 0 Å². The van der Waals surface area contributed by atoms with Crippen molar-refractivity contribution < 1.29 is 4.92 Å². The number of aryl methyl sites for hydroxylation is 1. The number of pyridine rings is 1.